The van der Waals surface area contributed by atoms with Crippen molar-refractivity contribution >= 4 is 39.1 Å². The summed E-state index contributed by atoms with van der Waals surface area (Å²) in [6, 6.07) is 18.9. The molecule has 3 aromatic rings. The van der Waals surface area contributed by atoms with Crippen molar-refractivity contribution in [2.45, 2.75) is 26.0 Å². The lowest BCUT2D eigenvalue weighted by Crippen LogP contribution is -2.37. The molecule has 0 aliphatic carbocycles. The number of fused-ring (bicyclic) bond motifs is 1. The molecule has 2 aliphatic rings. The molecule has 2 aliphatic heterocycles. The SMILES string of the molecule is CCOc1ccc(N2C(=O)[C@@H]3[C@@H](c4cc(Br)c(O)c(OCC)c4)N(c4ccccc4)O[C@H]3C2=O)cc1. The Morgan fingerprint density at radius 2 is 1.61 bits per heavy atom. The number of phenols is 1. The molecule has 3 atom stereocenters. The van der Waals surface area contributed by atoms with Crippen LogP contribution in [-0.2, 0) is 14.4 Å². The molecule has 0 unspecified atom stereocenters. The lowest BCUT2D eigenvalue weighted by molar-refractivity contribution is -0.126. The van der Waals surface area contributed by atoms with Crippen LogP contribution >= 0.6 is 15.9 Å². The number of phenolic OH excluding ortho intramolecular Hbond substituents is 1. The van der Waals surface area contributed by atoms with Crippen molar-refractivity contribution in [2.75, 3.05) is 23.2 Å². The quantitative estimate of drug-likeness (QED) is 0.412. The van der Waals surface area contributed by atoms with Crippen LogP contribution in [0.4, 0.5) is 11.4 Å². The minimum absolute atomic E-state index is 0.0350. The maximum atomic E-state index is 13.8. The van der Waals surface area contributed by atoms with Gasteiger partial charge < -0.3 is 14.6 Å². The first kappa shape index (κ1) is 24.1. The van der Waals surface area contributed by atoms with E-state index in [-0.39, 0.29) is 17.4 Å². The number of halogens is 1. The van der Waals surface area contributed by atoms with Crippen LogP contribution in [0.15, 0.2) is 71.2 Å². The van der Waals surface area contributed by atoms with Crippen molar-refractivity contribution in [1.82, 2.24) is 0 Å². The zero-order valence-corrected chi connectivity index (χ0v) is 21.3. The maximum Gasteiger partial charge on any atom is 0.266 e. The van der Waals surface area contributed by atoms with Gasteiger partial charge in [-0.25, -0.2) is 9.96 Å². The van der Waals surface area contributed by atoms with E-state index >= 15 is 0 Å². The van der Waals surface area contributed by atoms with Crippen LogP contribution < -0.4 is 19.4 Å². The number of imide groups is 1. The molecular formula is C27H25BrN2O6. The molecular weight excluding hydrogens is 528 g/mol. The van der Waals surface area contributed by atoms with E-state index < -0.39 is 24.0 Å². The summed E-state index contributed by atoms with van der Waals surface area (Å²) in [6.45, 7) is 4.57. The van der Waals surface area contributed by atoms with Gasteiger partial charge in [-0.05, 0) is 83.9 Å². The van der Waals surface area contributed by atoms with Crippen LogP contribution in [0.5, 0.6) is 17.2 Å². The number of rotatable bonds is 7. The number of ether oxygens (including phenoxy) is 2. The number of aromatic hydroxyl groups is 1. The fraction of sp³-hybridized carbons (Fsp3) is 0.259. The summed E-state index contributed by atoms with van der Waals surface area (Å²) in [4.78, 5) is 34.7. The molecule has 8 nitrogen and oxygen atoms in total. The topological polar surface area (TPSA) is 88.5 Å². The third kappa shape index (κ3) is 4.08. The average molecular weight is 553 g/mol. The Labute approximate surface area is 217 Å². The van der Waals surface area contributed by atoms with E-state index in [1.54, 1.807) is 41.5 Å². The number of benzene rings is 3. The van der Waals surface area contributed by atoms with Crippen molar-refractivity contribution in [1.29, 1.82) is 0 Å². The number of carbonyl (C=O) groups is 2. The fourth-order valence-corrected chi connectivity index (χ4v) is 5.15. The Kier molecular flexibility index (Phi) is 6.59. The van der Waals surface area contributed by atoms with Gasteiger partial charge >= 0.3 is 0 Å². The Morgan fingerprint density at radius 1 is 0.917 bits per heavy atom. The van der Waals surface area contributed by atoms with Gasteiger partial charge in [-0.2, -0.15) is 0 Å². The summed E-state index contributed by atoms with van der Waals surface area (Å²) in [5.74, 6) is -0.705. The van der Waals surface area contributed by atoms with Gasteiger partial charge in [0.2, 0.25) is 5.91 Å². The van der Waals surface area contributed by atoms with E-state index in [1.165, 1.54) is 4.90 Å². The minimum atomic E-state index is -1.00. The average Bonchev–Trinajstić information content (AvgIpc) is 3.39. The predicted molar refractivity (Wildman–Crippen MR) is 137 cm³/mol. The Balaban J connectivity index is 1.57. The number of hydrogen-bond acceptors (Lipinski definition) is 7. The summed E-state index contributed by atoms with van der Waals surface area (Å²) in [6.07, 6.45) is -1.00. The number of carbonyl (C=O) groups excluding carboxylic acids is 2. The molecule has 9 heteroatoms. The molecule has 0 aromatic heterocycles. The number of nitrogens with zero attached hydrogens (tertiary/aromatic N) is 2. The molecule has 5 rings (SSSR count). The van der Waals surface area contributed by atoms with Gasteiger partial charge in [0.1, 0.15) is 11.7 Å². The largest absolute Gasteiger partial charge is 0.503 e. The third-order valence-electron chi connectivity index (χ3n) is 6.22. The zero-order chi connectivity index (χ0) is 25.4. The number of hydrogen-bond donors (Lipinski definition) is 1. The number of para-hydroxylation sites is 1. The van der Waals surface area contributed by atoms with E-state index in [9.17, 15) is 14.7 Å². The lowest BCUT2D eigenvalue weighted by Gasteiger charge is -2.29. The summed E-state index contributed by atoms with van der Waals surface area (Å²) in [7, 11) is 0. The predicted octanol–water partition coefficient (Wildman–Crippen LogP) is 5.00. The van der Waals surface area contributed by atoms with Gasteiger partial charge in [0.05, 0.1) is 35.1 Å². The fourth-order valence-electron chi connectivity index (χ4n) is 4.69. The van der Waals surface area contributed by atoms with Crippen molar-refractivity contribution < 1.29 is 29.0 Å². The molecule has 2 heterocycles. The van der Waals surface area contributed by atoms with Crippen LogP contribution in [0, 0.1) is 5.92 Å². The Morgan fingerprint density at radius 3 is 2.28 bits per heavy atom. The van der Waals surface area contributed by atoms with Gasteiger partial charge in [-0.3, -0.25) is 14.4 Å². The number of amides is 2. The van der Waals surface area contributed by atoms with Crippen molar-refractivity contribution in [3.8, 4) is 17.2 Å². The summed E-state index contributed by atoms with van der Waals surface area (Å²) in [5.41, 5.74) is 1.82. The molecule has 2 saturated heterocycles. The van der Waals surface area contributed by atoms with Crippen molar-refractivity contribution in [3.05, 3.63) is 76.8 Å². The maximum absolute atomic E-state index is 13.8. The monoisotopic (exact) mass is 552 g/mol. The first-order chi connectivity index (χ1) is 17.4. The van der Waals surface area contributed by atoms with Gasteiger partial charge in [-0.15, -0.1) is 0 Å². The molecule has 1 N–H and O–H groups in total. The Bertz CT molecular complexity index is 1280. The summed E-state index contributed by atoms with van der Waals surface area (Å²) >= 11 is 3.39. The molecule has 0 spiro atoms. The van der Waals surface area contributed by atoms with Crippen LogP contribution in [0.25, 0.3) is 0 Å². The second kappa shape index (κ2) is 9.83. The van der Waals surface area contributed by atoms with E-state index in [0.717, 1.165) is 0 Å². The minimum Gasteiger partial charge on any atom is -0.503 e. The molecule has 186 valence electrons. The van der Waals surface area contributed by atoms with E-state index in [1.807, 2.05) is 44.2 Å². The first-order valence-electron chi connectivity index (χ1n) is 11.7. The van der Waals surface area contributed by atoms with E-state index in [4.69, 9.17) is 14.3 Å². The number of hydroxylamine groups is 1. The normalized spacial score (nSPS) is 21.1. The van der Waals surface area contributed by atoms with Crippen molar-refractivity contribution in [3.63, 3.8) is 0 Å². The molecule has 3 aromatic carbocycles. The van der Waals surface area contributed by atoms with Gasteiger partial charge in [0.25, 0.3) is 5.91 Å². The standard InChI is InChI=1S/C27H25BrN2O6/c1-3-34-19-12-10-17(11-13-19)29-26(32)22-23(16-14-20(28)24(31)21(15-16)35-4-2)30(36-25(22)27(29)33)18-8-6-5-7-9-18/h5-15,22-23,25,31H,3-4H2,1-2H3/t22-,23-,25-/m1/s1. The highest BCUT2D eigenvalue weighted by atomic mass is 79.9. The highest BCUT2D eigenvalue weighted by Gasteiger charge is 2.60. The zero-order valence-electron chi connectivity index (χ0n) is 19.8. The first-order valence-corrected chi connectivity index (χ1v) is 12.5. The van der Waals surface area contributed by atoms with Crippen LogP contribution in [0.3, 0.4) is 0 Å². The molecule has 2 amide bonds. The smallest absolute Gasteiger partial charge is 0.266 e. The lowest BCUT2D eigenvalue weighted by atomic mass is 9.90. The van der Waals surface area contributed by atoms with Crippen LogP contribution in [0.2, 0.25) is 0 Å². The van der Waals surface area contributed by atoms with Crippen molar-refractivity contribution in [2.24, 2.45) is 5.92 Å². The summed E-state index contributed by atoms with van der Waals surface area (Å²) < 4.78 is 11.5. The van der Waals surface area contributed by atoms with Crippen LogP contribution in [0.1, 0.15) is 25.5 Å². The third-order valence-corrected chi connectivity index (χ3v) is 6.83. The summed E-state index contributed by atoms with van der Waals surface area (Å²) in [5, 5.41) is 12.1. The van der Waals surface area contributed by atoms with E-state index in [2.05, 4.69) is 15.9 Å². The second-order valence-electron chi connectivity index (χ2n) is 8.38. The molecule has 0 bridgehead atoms. The molecule has 2 fully saturated rings. The highest BCUT2D eigenvalue weighted by molar-refractivity contribution is 9.10. The van der Waals surface area contributed by atoms with Gasteiger partial charge in [-0.1, -0.05) is 18.2 Å². The highest BCUT2D eigenvalue weighted by Crippen LogP contribution is 2.49. The molecule has 0 radical (unpaired) electrons. The van der Waals surface area contributed by atoms with Crippen LogP contribution in [-0.4, -0.2) is 36.2 Å². The second-order valence-corrected chi connectivity index (χ2v) is 9.23. The van der Waals surface area contributed by atoms with Gasteiger partial charge in [0.15, 0.2) is 17.6 Å². The molecule has 36 heavy (non-hydrogen) atoms. The number of anilines is 2. The van der Waals surface area contributed by atoms with Gasteiger partial charge in [0, 0.05) is 0 Å². The Hall–Kier alpha value is -3.56. The molecule has 0 saturated carbocycles. The van der Waals surface area contributed by atoms with E-state index in [0.29, 0.717) is 40.4 Å².